The highest BCUT2D eigenvalue weighted by Crippen LogP contribution is 2.31. The topological polar surface area (TPSA) is 72.7 Å². The molecule has 0 radical (unpaired) electrons. The number of hydrogen-bond acceptors (Lipinski definition) is 6. The van der Waals surface area contributed by atoms with Gasteiger partial charge in [-0.25, -0.2) is 15.0 Å². The van der Waals surface area contributed by atoms with Gasteiger partial charge in [-0.2, -0.15) is 0 Å². The van der Waals surface area contributed by atoms with Crippen LogP contribution in [0.2, 0.25) is 0 Å². The molecule has 0 aromatic carbocycles. The minimum absolute atomic E-state index is 0.110. The third kappa shape index (κ3) is 3.42. The van der Waals surface area contributed by atoms with Gasteiger partial charge in [0.25, 0.3) is 5.91 Å². The summed E-state index contributed by atoms with van der Waals surface area (Å²) in [5.41, 5.74) is 1.69. The van der Waals surface area contributed by atoms with Crippen molar-refractivity contribution >= 4 is 28.6 Å². The molecule has 1 amide bonds. The highest BCUT2D eigenvalue weighted by Gasteiger charge is 2.16. The summed E-state index contributed by atoms with van der Waals surface area (Å²) in [6, 6.07) is 7.84. The minimum atomic E-state index is -0.110. The quantitative estimate of drug-likeness (QED) is 0.572. The van der Waals surface area contributed by atoms with Gasteiger partial charge in [-0.05, 0) is 30.0 Å². The molecule has 0 atom stereocenters. The molecule has 8 heteroatoms. The van der Waals surface area contributed by atoms with Gasteiger partial charge >= 0.3 is 0 Å². The summed E-state index contributed by atoms with van der Waals surface area (Å²) in [7, 11) is 0. The van der Waals surface area contributed by atoms with Crippen molar-refractivity contribution in [3.05, 3.63) is 70.7 Å². The van der Waals surface area contributed by atoms with Gasteiger partial charge in [0.1, 0.15) is 22.0 Å². The molecule has 0 aliphatic rings. The second-order valence-corrected chi connectivity index (χ2v) is 7.53. The first-order chi connectivity index (χ1) is 12.7. The van der Waals surface area contributed by atoms with E-state index in [1.807, 2.05) is 47.3 Å². The first-order valence-corrected chi connectivity index (χ1v) is 9.63. The van der Waals surface area contributed by atoms with Crippen LogP contribution in [0.5, 0.6) is 0 Å². The Bertz CT molecular complexity index is 1000. The minimum Gasteiger partial charge on any atom is -0.347 e. The van der Waals surface area contributed by atoms with Crippen LogP contribution < -0.4 is 5.32 Å². The zero-order valence-electron chi connectivity index (χ0n) is 13.9. The SMILES string of the molecule is Cc1nc(-c2cccs2)sc1C(=O)NCc1ccc(-n2ccnc2)nc1. The molecule has 0 saturated heterocycles. The average molecular weight is 381 g/mol. The molecule has 4 aromatic heterocycles. The average Bonchev–Trinajstić information content (AvgIpc) is 3.41. The van der Waals surface area contributed by atoms with Crippen LogP contribution in [0.4, 0.5) is 0 Å². The van der Waals surface area contributed by atoms with Crippen molar-refractivity contribution in [2.75, 3.05) is 0 Å². The maximum atomic E-state index is 12.5. The Kier molecular flexibility index (Phi) is 4.59. The predicted molar refractivity (Wildman–Crippen MR) is 103 cm³/mol. The molecule has 0 saturated carbocycles. The lowest BCUT2D eigenvalue weighted by Gasteiger charge is -2.05. The summed E-state index contributed by atoms with van der Waals surface area (Å²) in [6.07, 6.45) is 6.99. The summed E-state index contributed by atoms with van der Waals surface area (Å²) in [6.45, 7) is 2.28. The monoisotopic (exact) mass is 381 g/mol. The first kappa shape index (κ1) is 16.6. The van der Waals surface area contributed by atoms with E-state index in [2.05, 4.69) is 20.3 Å². The Morgan fingerprint density at radius 1 is 1.31 bits per heavy atom. The summed E-state index contributed by atoms with van der Waals surface area (Å²) in [5, 5.41) is 5.83. The molecule has 6 nitrogen and oxygen atoms in total. The lowest BCUT2D eigenvalue weighted by Crippen LogP contribution is -2.22. The van der Waals surface area contributed by atoms with Gasteiger partial charge in [0.2, 0.25) is 0 Å². The van der Waals surface area contributed by atoms with E-state index in [-0.39, 0.29) is 5.91 Å². The molecule has 0 unspecified atom stereocenters. The largest absolute Gasteiger partial charge is 0.347 e. The van der Waals surface area contributed by atoms with Crippen LogP contribution in [0.25, 0.3) is 15.7 Å². The molecule has 0 spiro atoms. The van der Waals surface area contributed by atoms with E-state index in [0.29, 0.717) is 11.4 Å². The Morgan fingerprint density at radius 3 is 2.92 bits per heavy atom. The number of aryl methyl sites for hydroxylation is 1. The number of thiazole rings is 1. The Hall–Kier alpha value is -2.84. The molecule has 4 rings (SSSR count). The number of carbonyl (C=O) groups is 1. The Labute approximate surface area is 158 Å². The van der Waals surface area contributed by atoms with Crippen molar-refractivity contribution < 1.29 is 4.79 Å². The van der Waals surface area contributed by atoms with Gasteiger partial charge in [0.05, 0.1) is 10.6 Å². The molecule has 0 bridgehead atoms. The number of pyridine rings is 1. The molecule has 0 aliphatic carbocycles. The molecule has 26 heavy (non-hydrogen) atoms. The summed E-state index contributed by atoms with van der Waals surface area (Å²) < 4.78 is 1.83. The molecule has 0 fully saturated rings. The van der Waals surface area contributed by atoms with E-state index >= 15 is 0 Å². The number of amides is 1. The van der Waals surface area contributed by atoms with Crippen LogP contribution in [0, 0.1) is 6.92 Å². The van der Waals surface area contributed by atoms with E-state index in [0.717, 1.165) is 27.0 Å². The standard InChI is InChI=1S/C18H15N5OS2/c1-12-16(26-18(22-12)14-3-2-8-25-14)17(24)21-10-13-4-5-15(20-9-13)23-7-6-19-11-23/h2-9,11H,10H2,1H3,(H,21,24). The summed E-state index contributed by atoms with van der Waals surface area (Å²) in [5.74, 6) is 0.679. The number of thiophene rings is 1. The van der Waals surface area contributed by atoms with Crippen LogP contribution in [0.3, 0.4) is 0 Å². The highest BCUT2D eigenvalue weighted by molar-refractivity contribution is 7.22. The molecular weight excluding hydrogens is 366 g/mol. The highest BCUT2D eigenvalue weighted by atomic mass is 32.1. The van der Waals surface area contributed by atoms with Crippen molar-refractivity contribution in [1.82, 2.24) is 24.8 Å². The van der Waals surface area contributed by atoms with Gasteiger partial charge in [-0.15, -0.1) is 22.7 Å². The van der Waals surface area contributed by atoms with Gasteiger partial charge in [-0.1, -0.05) is 12.1 Å². The molecule has 1 N–H and O–H groups in total. The maximum absolute atomic E-state index is 12.5. The van der Waals surface area contributed by atoms with Crippen molar-refractivity contribution in [1.29, 1.82) is 0 Å². The van der Waals surface area contributed by atoms with Crippen molar-refractivity contribution in [2.24, 2.45) is 0 Å². The number of imidazole rings is 1. The van der Waals surface area contributed by atoms with Gasteiger partial charge in [0, 0.05) is 25.1 Å². The smallest absolute Gasteiger partial charge is 0.263 e. The number of hydrogen-bond donors (Lipinski definition) is 1. The van der Waals surface area contributed by atoms with E-state index in [1.54, 1.807) is 30.1 Å². The third-order valence-electron chi connectivity index (χ3n) is 3.77. The first-order valence-electron chi connectivity index (χ1n) is 7.93. The van der Waals surface area contributed by atoms with Gasteiger partial charge < -0.3 is 5.32 Å². The van der Waals surface area contributed by atoms with Crippen LogP contribution in [-0.2, 0) is 6.54 Å². The normalized spacial score (nSPS) is 10.8. The van der Waals surface area contributed by atoms with E-state index in [9.17, 15) is 4.79 Å². The molecule has 4 aromatic rings. The van der Waals surface area contributed by atoms with Crippen LogP contribution in [0.1, 0.15) is 20.9 Å². The fraction of sp³-hybridized carbons (Fsp3) is 0.111. The molecule has 130 valence electrons. The number of nitrogens with zero attached hydrogens (tertiary/aromatic N) is 4. The van der Waals surface area contributed by atoms with Crippen molar-refractivity contribution in [3.63, 3.8) is 0 Å². The fourth-order valence-corrected chi connectivity index (χ4v) is 4.22. The van der Waals surface area contributed by atoms with E-state index in [4.69, 9.17) is 0 Å². The maximum Gasteiger partial charge on any atom is 0.263 e. The van der Waals surface area contributed by atoms with Crippen molar-refractivity contribution in [3.8, 4) is 15.7 Å². The zero-order chi connectivity index (χ0) is 17.9. The Morgan fingerprint density at radius 2 is 2.23 bits per heavy atom. The summed E-state index contributed by atoms with van der Waals surface area (Å²) in [4.78, 5) is 27.1. The number of aromatic nitrogens is 4. The zero-order valence-corrected chi connectivity index (χ0v) is 15.5. The summed E-state index contributed by atoms with van der Waals surface area (Å²) >= 11 is 3.04. The number of rotatable bonds is 5. The lowest BCUT2D eigenvalue weighted by atomic mass is 10.2. The predicted octanol–water partition coefficient (Wildman–Crippen LogP) is 3.69. The van der Waals surface area contributed by atoms with Crippen LogP contribution in [-0.4, -0.2) is 25.4 Å². The van der Waals surface area contributed by atoms with Gasteiger partial charge in [0.15, 0.2) is 0 Å². The van der Waals surface area contributed by atoms with Crippen molar-refractivity contribution in [2.45, 2.75) is 13.5 Å². The van der Waals surface area contributed by atoms with Gasteiger partial charge in [-0.3, -0.25) is 9.36 Å². The number of nitrogens with one attached hydrogen (secondary N) is 1. The van der Waals surface area contributed by atoms with E-state index in [1.165, 1.54) is 11.3 Å². The third-order valence-corrected chi connectivity index (χ3v) is 5.96. The second-order valence-electron chi connectivity index (χ2n) is 5.59. The second kappa shape index (κ2) is 7.19. The van der Waals surface area contributed by atoms with Crippen LogP contribution >= 0.6 is 22.7 Å². The molecule has 0 aliphatic heterocycles. The molecular formula is C18H15N5OS2. The molecule has 4 heterocycles. The lowest BCUT2D eigenvalue weighted by molar-refractivity contribution is 0.0954. The fourth-order valence-electron chi connectivity index (χ4n) is 2.44. The number of carbonyl (C=O) groups excluding carboxylic acids is 1. The van der Waals surface area contributed by atoms with E-state index < -0.39 is 0 Å². The Balaban J connectivity index is 1.42. The van der Waals surface area contributed by atoms with Crippen LogP contribution in [0.15, 0.2) is 54.6 Å².